The largest absolute Gasteiger partial charge is 0.479 e. The topological polar surface area (TPSA) is 113 Å². The second kappa shape index (κ2) is 12.9. The van der Waals surface area contributed by atoms with Gasteiger partial charge in [-0.3, -0.25) is 0 Å². The van der Waals surface area contributed by atoms with Crippen molar-refractivity contribution < 1.29 is 28.2 Å². The molecule has 0 aromatic heterocycles. The van der Waals surface area contributed by atoms with Crippen LogP contribution in [0.5, 0.6) is 5.75 Å². The number of sulfone groups is 1. The van der Waals surface area contributed by atoms with E-state index >= 15 is 0 Å². The molecule has 10 heteroatoms. The molecule has 0 spiro atoms. The zero-order chi connectivity index (χ0) is 24.7. The van der Waals surface area contributed by atoms with E-state index in [1.807, 2.05) is 6.07 Å². The monoisotopic (exact) mass is 539 g/mol. The second-order valence-corrected chi connectivity index (χ2v) is 10.1. The first-order valence-corrected chi connectivity index (χ1v) is 12.5. The van der Waals surface area contributed by atoms with E-state index in [1.165, 1.54) is 31.2 Å². The highest BCUT2D eigenvalue weighted by Gasteiger charge is 2.18. The Hall–Kier alpha value is -2.62. The molecule has 0 heterocycles. The molecule has 0 fully saturated rings. The van der Waals surface area contributed by atoms with Crippen LogP contribution in [-0.2, 0) is 21.1 Å². The third-order valence-electron chi connectivity index (χ3n) is 5.19. The van der Waals surface area contributed by atoms with Gasteiger partial charge in [0.05, 0.1) is 15.9 Å². The Morgan fingerprint density at radius 3 is 2.20 bits per heavy atom. The van der Waals surface area contributed by atoms with Gasteiger partial charge in [-0.25, -0.2) is 13.2 Å². The molecule has 3 aromatic rings. The predicted molar refractivity (Wildman–Crippen MR) is 136 cm³/mol. The summed E-state index contributed by atoms with van der Waals surface area (Å²) in [6.07, 6.45) is -1.05. The summed E-state index contributed by atoms with van der Waals surface area (Å²) < 4.78 is 31.0. The molecule has 7 nitrogen and oxygen atoms in total. The number of rotatable bonds is 11. The summed E-state index contributed by atoms with van der Waals surface area (Å²) in [5, 5.41) is 22.9. The highest BCUT2D eigenvalue weighted by atomic mass is 35.5. The van der Waals surface area contributed by atoms with Crippen molar-refractivity contribution in [1.29, 1.82) is 0 Å². The summed E-state index contributed by atoms with van der Waals surface area (Å²) in [7, 11) is -3.72. The van der Waals surface area contributed by atoms with Gasteiger partial charge in [-0.1, -0.05) is 35.9 Å². The van der Waals surface area contributed by atoms with Crippen LogP contribution in [-0.4, -0.2) is 43.8 Å². The maximum Gasteiger partial charge on any atom is 0.344 e. The molecule has 35 heavy (non-hydrogen) atoms. The van der Waals surface area contributed by atoms with E-state index < -0.39 is 28.0 Å². The number of ether oxygens (including phenoxy) is 1. The Morgan fingerprint density at radius 2 is 1.63 bits per heavy atom. The lowest BCUT2D eigenvalue weighted by Crippen LogP contribution is -2.23. The van der Waals surface area contributed by atoms with Crippen LogP contribution in [0.25, 0.3) is 0 Å². The summed E-state index contributed by atoms with van der Waals surface area (Å²) in [4.78, 5) is 11.1. The minimum Gasteiger partial charge on any atom is -0.479 e. The summed E-state index contributed by atoms with van der Waals surface area (Å²) >= 11 is 5.95. The lowest BCUT2D eigenvalue weighted by Gasteiger charge is -2.13. The summed E-state index contributed by atoms with van der Waals surface area (Å²) in [6, 6.07) is 19.4. The van der Waals surface area contributed by atoms with Gasteiger partial charge in [0.25, 0.3) is 0 Å². The standard InChI is InChI=1S/C25H26ClNO6S.ClH/c1-17(25(29)30)33-21-7-11-23(12-8-21)34(31,32)22-9-5-18(6-10-22)13-14-27-16-24(28)19-3-2-4-20(26)15-19;/h2-12,15,17,24,27-28H,13-14,16H2,1H3,(H,29,30);1H/t17-,24+;/m1./s1. The van der Waals surface area contributed by atoms with Crippen LogP contribution >= 0.6 is 24.0 Å². The number of nitrogens with one attached hydrogen (secondary N) is 1. The molecule has 0 saturated heterocycles. The number of halogens is 2. The van der Waals surface area contributed by atoms with Gasteiger partial charge in [0, 0.05) is 11.6 Å². The van der Waals surface area contributed by atoms with Crippen LogP contribution in [0.3, 0.4) is 0 Å². The average Bonchev–Trinajstić information content (AvgIpc) is 2.82. The van der Waals surface area contributed by atoms with E-state index in [0.717, 1.165) is 11.1 Å². The number of aliphatic hydroxyl groups is 1. The molecule has 2 atom stereocenters. The number of carboxylic acid groups (broad SMARTS) is 1. The fourth-order valence-corrected chi connectivity index (χ4v) is 4.69. The van der Waals surface area contributed by atoms with Crippen LogP contribution < -0.4 is 10.1 Å². The predicted octanol–water partition coefficient (Wildman–Crippen LogP) is 4.31. The molecule has 0 saturated carbocycles. The van der Waals surface area contributed by atoms with E-state index in [4.69, 9.17) is 21.4 Å². The normalized spacial score (nSPS) is 12.9. The molecular formula is C25H27Cl2NO6S. The number of hydrogen-bond acceptors (Lipinski definition) is 6. The van der Waals surface area contributed by atoms with E-state index in [1.54, 1.807) is 42.5 Å². The molecule has 0 unspecified atom stereocenters. The molecule has 0 aliphatic carbocycles. The van der Waals surface area contributed by atoms with Crippen molar-refractivity contribution in [3.63, 3.8) is 0 Å². The van der Waals surface area contributed by atoms with Crippen LogP contribution in [0.15, 0.2) is 82.6 Å². The number of carbonyl (C=O) groups is 1. The molecule has 0 aliphatic rings. The number of aliphatic hydroxyl groups excluding tert-OH is 1. The van der Waals surface area contributed by atoms with Crippen LogP contribution in [0, 0.1) is 0 Å². The van der Waals surface area contributed by atoms with Gasteiger partial charge in [0.1, 0.15) is 5.75 Å². The van der Waals surface area contributed by atoms with Crippen molar-refractivity contribution in [1.82, 2.24) is 5.32 Å². The minimum atomic E-state index is -3.72. The van der Waals surface area contributed by atoms with Gasteiger partial charge < -0.3 is 20.3 Å². The van der Waals surface area contributed by atoms with Crippen molar-refractivity contribution >= 4 is 39.8 Å². The molecule has 0 amide bonds. The quantitative estimate of drug-likeness (QED) is 0.311. The first-order valence-electron chi connectivity index (χ1n) is 10.6. The van der Waals surface area contributed by atoms with Gasteiger partial charge >= 0.3 is 5.97 Å². The number of hydrogen-bond donors (Lipinski definition) is 3. The number of benzene rings is 3. The van der Waals surface area contributed by atoms with Crippen molar-refractivity contribution in [2.75, 3.05) is 13.1 Å². The van der Waals surface area contributed by atoms with Crippen molar-refractivity contribution in [3.05, 3.63) is 88.9 Å². The van der Waals surface area contributed by atoms with Crippen molar-refractivity contribution in [3.8, 4) is 5.75 Å². The third kappa shape index (κ3) is 7.95. The summed E-state index contributed by atoms with van der Waals surface area (Å²) in [6.45, 7) is 2.38. The van der Waals surface area contributed by atoms with Crippen molar-refractivity contribution in [2.24, 2.45) is 0 Å². The third-order valence-corrected chi connectivity index (χ3v) is 7.21. The summed E-state index contributed by atoms with van der Waals surface area (Å²) in [5.74, 6) is -0.832. The zero-order valence-corrected chi connectivity index (χ0v) is 21.3. The molecule has 188 valence electrons. The number of carboxylic acids is 1. The van der Waals surface area contributed by atoms with Crippen LogP contribution in [0.4, 0.5) is 0 Å². The van der Waals surface area contributed by atoms with Gasteiger partial charge in [0.2, 0.25) is 9.84 Å². The van der Waals surface area contributed by atoms with E-state index in [0.29, 0.717) is 24.5 Å². The Kier molecular flexibility index (Phi) is 10.5. The van der Waals surface area contributed by atoms with E-state index in [9.17, 15) is 18.3 Å². The molecule has 0 bridgehead atoms. The fraction of sp³-hybridized carbons (Fsp3) is 0.240. The van der Waals surface area contributed by atoms with Gasteiger partial charge in [-0.15, -0.1) is 12.4 Å². The maximum absolute atomic E-state index is 12.9. The lowest BCUT2D eigenvalue weighted by molar-refractivity contribution is -0.144. The van der Waals surface area contributed by atoms with Gasteiger partial charge in [-0.2, -0.15) is 0 Å². The van der Waals surface area contributed by atoms with E-state index in [2.05, 4.69) is 5.32 Å². The Labute approximate surface area is 216 Å². The Bertz CT molecular complexity index is 1220. The molecular weight excluding hydrogens is 513 g/mol. The SMILES string of the molecule is C[C@@H](Oc1ccc(S(=O)(=O)c2ccc(CCNC[C@H](O)c3cccc(Cl)c3)cc2)cc1)C(=O)O.Cl. The molecule has 3 aromatic carbocycles. The van der Waals surface area contributed by atoms with Crippen LogP contribution in [0.2, 0.25) is 5.02 Å². The molecule has 0 radical (unpaired) electrons. The lowest BCUT2D eigenvalue weighted by atomic mass is 10.1. The first kappa shape index (κ1) is 28.6. The average molecular weight is 540 g/mol. The Balaban J connectivity index is 0.00000432. The van der Waals surface area contributed by atoms with E-state index in [-0.39, 0.29) is 27.9 Å². The first-order chi connectivity index (χ1) is 16.2. The molecule has 0 aliphatic heterocycles. The number of aliphatic carboxylic acids is 1. The molecule has 3 N–H and O–H groups in total. The van der Waals surface area contributed by atoms with Crippen molar-refractivity contribution in [2.45, 2.75) is 35.3 Å². The molecule has 3 rings (SSSR count). The second-order valence-electron chi connectivity index (χ2n) is 7.74. The summed E-state index contributed by atoms with van der Waals surface area (Å²) in [5.41, 5.74) is 1.70. The highest BCUT2D eigenvalue weighted by molar-refractivity contribution is 7.91. The highest BCUT2D eigenvalue weighted by Crippen LogP contribution is 2.24. The fourth-order valence-electron chi connectivity index (χ4n) is 3.23. The van der Waals surface area contributed by atoms with Gasteiger partial charge in [-0.05, 0) is 79.5 Å². The van der Waals surface area contributed by atoms with Gasteiger partial charge in [0.15, 0.2) is 6.10 Å². The smallest absolute Gasteiger partial charge is 0.344 e. The Morgan fingerprint density at radius 1 is 1.03 bits per heavy atom. The zero-order valence-electron chi connectivity index (χ0n) is 18.9. The van der Waals surface area contributed by atoms with Crippen LogP contribution in [0.1, 0.15) is 24.2 Å². The minimum absolute atomic E-state index is 0. The maximum atomic E-state index is 12.9.